The molecule has 0 bridgehead atoms. The molecule has 0 nitrogen and oxygen atoms in total. The first-order valence-electron chi connectivity index (χ1n) is 5.96. The molecule has 0 spiro atoms. The second-order valence-corrected chi connectivity index (χ2v) is 4.75. The molecule has 0 aliphatic heterocycles. The van der Waals surface area contributed by atoms with Crippen molar-refractivity contribution in [3.8, 4) is 0 Å². The molecule has 18 heavy (non-hydrogen) atoms. The molecular weight excluding hydrogens is 240 g/mol. The van der Waals surface area contributed by atoms with Crippen molar-refractivity contribution >= 4 is 22.4 Å². The van der Waals surface area contributed by atoms with E-state index in [9.17, 15) is 0 Å². The minimum absolute atomic E-state index is 0.819. The number of hydrogen-bond donors (Lipinski definition) is 0. The lowest BCUT2D eigenvalue weighted by Gasteiger charge is -2.05. The minimum atomic E-state index is 0.819. The van der Waals surface area contributed by atoms with Crippen LogP contribution in [0.15, 0.2) is 60.7 Å². The highest BCUT2D eigenvalue weighted by molar-refractivity contribution is 6.31. The van der Waals surface area contributed by atoms with Crippen molar-refractivity contribution in [3.63, 3.8) is 0 Å². The van der Waals surface area contributed by atoms with Crippen molar-refractivity contribution < 1.29 is 0 Å². The Morgan fingerprint density at radius 3 is 2.50 bits per heavy atom. The van der Waals surface area contributed by atoms with Crippen LogP contribution in [-0.2, 0) is 6.42 Å². The Kier molecular flexibility index (Phi) is 3.04. The summed E-state index contributed by atoms with van der Waals surface area (Å²) in [6.45, 7) is 0. The Morgan fingerprint density at radius 1 is 0.833 bits per heavy atom. The van der Waals surface area contributed by atoms with Gasteiger partial charge in [-0.25, -0.2) is 0 Å². The average Bonchev–Trinajstić information content (AvgIpc) is 2.41. The summed E-state index contributed by atoms with van der Waals surface area (Å²) >= 11 is 6.18. The molecule has 3 aromatic carbocycles. The third-order valence-electron chi connectivity index (χ3n) is 3.06. The molecule has 3 rings (SSSR count). The van der Waals surface area contributed by atoms with E-state index in [1.165, 1.54) is 10.9 Å². The quantitative estimate of drug-likeness (QED) is 0.609. The van der Waals surface area contributed by atoms with Gasteiger partial charge in [0.05, 0.1) is 0 Å². The van der Waals surface area contributed by atoms with Crippen molar-refractivity contribution in [2.75, 3.05) is 0 Å². The summed E-state index contributed by atoms with van der Waals surface area (Å²) in [6.07, 6.45) is 0.824. The summed E-state index contributed by atoms with van der Waals surface area (Å²) in [5.41, 5.74) is 2.31. The second kappa shape index (κ2) is 4.83. The van der Waals surface area contributed by atoms with Crippen LogP contribution in [0, 0.1) is 6.07 Å². The van der Waals surface area contributed by atoms with Crippen molar-refractivity contribution in [3.05, 3.63) is 82.9 Å². The highest BCUT2D eigenvalue weighted by Gasteiger charge is 2.02. The van der Waals surface area contributed by atoms with Crippen LogP contribution >= 0.6 is 11.6 Å². The lowest BCUT2D eigenvalue weighted by Crippen LogP contribution is -1.89. The molecule has 0 aliphatic rings. The number of hydrogen-bond acceptors (Lipinski definition) is 0. The third-order valence-corrected chi connectivity index (χ3v) is 3.43. The molecule has 1 radical (unpaired) electrons. The van der Waals surface area contributed by atoms with Gasteiger partial charge in [-0.3, -0.25) is 0 Å². The van der Waals surface area contributed by atoms with Gasteiger partial charge in [-0.05, 0) is 40.5 Å². The molecule has 0 aliphatic carbocycles. The topological polar surface area (TPSA) is 0 Å². The van der Waals surface area contributed by atoms with Gasteiger partial charge in [0.1, 0.15) is 0 Å². The van der Waals surface area contributed by atoms with Gasteiger partial charge in [-0.2, -0.15) is 0 Å². The zero-order valence-corrected chi connectivity index (χ0v) is 10.6. The molecule has 0 amide bonds. The zero-order chi connectivity index (χ0) is 12.4. The maximum absolute atomic E-state index is 6.18. The van der Waals surface area contributed by atoms with Gasteiger partial charge in [-0.1, -0.05) is 66.2 Å². The Hall–Kier alpha value is -1.79. The van der Waals surface area contributed by atoms with Crippen LogP contribution in [0.25, 0.3) is 10.8 Å². The van der Waals surface area contributed by atoms with Crippen LogP contribution in [0.1, 0.15) is 11.1 Å². The fourth-order valence-corrected chi connectivity index (χ4v) is 2.31. The fourth-order valence-electron chi connectivity index (χ4n) is 2.11. The van der Waals surface area contributed by atoms with E-state index < -0.39 is 0 Å². The van der Waals surface area contributed by atoms with E-state index in [1.807, 2.05) is 30.3 Å². The van der Waals surface area contributed by atoms with Gasteiger partial charge in [0.25, 0.3) is 0 Å². The van der Waals surface area contributed by atoms with E-state index in [0.717, 1.165) is 22.4 Å². The standard InChI is InChI=1S/C17H12Cl/c18-17-8-4-3-7-16(17)12-13-9-10-14-5-1-2-6-15(14)11-13/h1-10H,12H2. The predicted octanol–water partition coefficient (Wildman–Crippen LogP) is 4.88. The van der Waals surface area contributed by atoms with Crippen molar-refractivity contribution in [1.82, 2.24) is 0 Å². The van der Waals surface area contributed by atoms with Crippen LogP contribution < -0.4 is 0 Å². The van der Waals surface area contributed by atoms with Crippen molar-refractivity contribution in [1.29, 1.82) is 0 Å². The maximum atomic E-state index is 6.18. The van der Waals surface area contributed by atoms with Crippen LogP contribution in [0.4, 0.5) is 0 Å². The van der Waals surface area contributed by atoms with E-state index in [2.05, 4.69) is 36.4 Å². The summed E-state index contributed by atoms with van der Waals surface area (Å²) < 4.78 is 0. The molecule has 0 aromatic heterocycles. The first-order chi connectivity index (χ1) is 8.83. The van der Waals surface area contributed by atoms with Crippen molar-refractivity contribution in [2.24, 2.45) is 0 Å². The first kappa shape index (κ1) is 11.3. The lowest BCUT2D eigenvalue weighted by molar-refractivity contribution is 1.20. The van der Waals surface area contributed by atoms with Gasteiger partial charge >= 0.3 is 0 Å². The molecule has 0 heterocycles. The first-order valence-corrected chi connectivity index (χ1v) is 6.34. The van der Waals surface area contributed by atoms with E-state index in [-0.39, 0.29) is 0 Å². The molecule has 1 heteroatoms. The van der Waals surface area contributed by atoms with Gasteiger partial charge in [0, 0.05) is 5.02 Å². The van der Waals surface area contributed by atoms with Crippen LogP contribution in [0.5, 0.6) is 0 Å². The molecule has 0 fully saturated rings. The number of rotatable bonds is 2. The van der Waals surface area contributed by atoms with Crippen LogP contribution in [0.2, 0.25) is 5.02 Å². The van der Waals surface area contributed by atoms with E-state index in [4.69, 9.17) is 11.6 Å². The Morgan fingerprint density at radius 2 is 1.61 bits per heavy atom. The average molecular weight is 252 g/mol. The largest absolute Gasteiger partial charge is 0.0840 e. The normalized spacial score (nSPS) is 10.7. The Labute approximate surface area is 112 Å². The lowest BCUT2D eigenvalue weighted by atomic mass is 10.0. The highest BCUT2D eigenvalue weighted by atomic mass is 35.5. The zero-order valence-electron chi connectivity index (χ0n) is 9.86. The predicted molar refractivity (Wildman–Crippen MR) is 77.0 cm³/mol. The van der Waals surface area contributed by atoms with E-state index in [0.29, 0.717) is 0 Å². The van der Waals surface area contributed by atoms with E-state index in [1.54, 1.807) is 0 Å². The summed E-state index contributed by atoms with van der Waals surface area (Å²) in [6, 6.07) is 23.9. The van der Waals surface area contributed by atoms with Gasteiger partial charge in [0.15, 0.2) is 0 Å². The minimum Gasteiger partial charge on any atom is -0.0840 e. The van der Waals surface area contributed by atoms with Gasteiger partial charge in [-0.15, -0.1) is 0 Å². The molecule has 0 N–H and O–H groups in total. The number of fused-ring (bicyclic) bond motifs is 1. The Balaban J connectivity index is 1.98. The molecular formula is C17H12Cl. The summed E-state index contributed by atoms with van der Waals surface area (Å²) in [4.78, 5) is 0. The fraction of sp³-hybridized carbons (Fsp3) is 0.0588. The number of benzene rings is 3. The molecule has 3 aromatic rings. The number of halogens is 1. The van der Waals surface area contributed by atoms with Gasteiger partial charge < -0.3 is 0 Å². The summed E-state index contributed by atoms with van der Waals surface area (Å²) in [5.74, 6) is 0. The smallest absolute Gasteiger partial charge is 0.0441 e. The Bertz CT molecular complexity index is 686. The van der Waals surface area contributed by atoms with Gasteiger partial charge in [0.2, 0.25) is 0 Å². The summed E-state index contributed by atoms with van der Waals surface area (Å²) in [7, 11) is 0. The molecule has 87 valence electrons. The van der Waals surface area contributed by atoms with Crippen molar-refractivity contribution in [2.45, 2.75) is 6.42 Å². The van der Waals surface area contributed by atoms with Crippen LogP contribution in [-0.4, -0.2) is 0 Å². The maximum Gasteiger partial charge on any atom is 0.0441 e. The second-order valence-electron chi connectivity index (χ2n) is 4.34. The SMILES string of the molecule is Clc1ccccc1Cc1[c]c2ccccc2cc1. The third kappa shape index (κ3) is 2.25. The molecule has 0 saturated heterocycles. The molecule has 0 atom stereocenters. The molecule has 0 unspecified atom stereocenters. The van der Waals surface area contributed by atoms with E-state index >= 15 is 0 Å². The van der Waals surface area contributed by atoms with Crippen LogP contribution in [0.3, 0.4) is 0 Å². The monoisotopic (exact) mass is 251 g/mol. The summed E-state index contributed by atoms with van der Waals surface area (Å²) in [5, 5.41) is 3.20. The molecule has 0 saturated carbocycles. The highest BCUT2D eigenvalue weighted by Crippen LogP contribution is 2.21.